The van der Waals surface area contributed by atoms with E-state index in [0.29, 0.717) is 17.9 Å². The van der Waals surface area contributed by atoms with Crippen molar-refractivity contribution in [3.05, 3.63) is 70.8 Å². The average Bonchev–Trinajstić information content (AvgIpc) is 2.56. The van der Waals surface area contributed by atoms with Gasteiger partial charge in [0.1, 0.15) is 11.5 Å². The minimum atomic E-state index is -0.471. The second kappa shape index (κ2) is 7.83. The lowest BCUT2D eigenvalue weighted by atomic mass is 9.78. The number of esters is 1. The molecule has 2 aromatic rings. The number of carbonyl (C=O) groups is 1. The minimum absolute atomic E-state index is 0.190. The molecule has 0 radical (unpaired) electrons. The third-order valence-electron chi connectivity index (χ3n) is 4.77. The molecule has 0 saturated carbocycles. The highest BCUT2D eigenvalue weighted by Gasteiger charge is 2.26. The molecule has 0 saturated heterocycles. The molecule has 3 heteroatoms. The number of phenolic OH excluding ortho intramolecular Hbond substituents is 1. The van der Waals surface area contributed by atoms with Gasteiger partial charge in [0.15, 0.2) is 0 Å². The van der Waals surface area contributed by atoms with Crippen LogP contribution in [0.25, 0.3) is 0 Å². The van der Waals surface area contributed by atoms with Crippen molar-refractivity contribution in [3.8, 4) is 11.5 Å². The lowest BCUT2D eigenvalue weighted by molar-refractivity contribution is -0.129. The number of phenols is 1. The molecule has 0 aliphatic heterocycles. The Kier molecular flexibility index (Phi) is 6.08. The summed E-state index contributed by atoms with van der Waals surface area (Å²) in [5.41, 5.74) is 4.57. The Balaban J connectivity index is 2.59. The zero-order valence-corrected chi connectivity index (χ0v) is 18.1. The third-order valence-corrected chi connectivity index (χ3v) is 4.77. The van der Waals surface area contributed by atoms with Crippen LogP contribution < -0.4 is 4.74 Å². The van der Waals surface area contributed by atoms with E-state index in [1.54, 1.807) is 0 Å². The van der Waals surface area contributed by atoms with Gasteiger partial charge in [0, 0.05) is 12.5 Å². The van der Waals surface area contributed by atoms with E-state index in [4.69, 9.17) is 4.74 Å². The highest BCUT2D eigenvalue weighted by molar-refractivity contribution is 5.83. The van der Waals surface area contributed by atoms with E-state index in [1.165, 1.54) is 6.08 Å². The maximum atomic E-state index is 11.7. The van der Waals surface area contributed by atoms with Gasteiger partial charge < -0.3 is 9.84 Å². The summed E-state index contributed by atoms with van der Waals surface area (Å²) in [6.45, 7) is 18.1. The van der Waals surface area contributed by atoms with Crippen LogP contribution in [0.3, 0.4) is 0 Å². The number of benzene rings is 2. The Morgan fingerprint density at radius 1 is 1.04 bits per heavy atom. The molecule has 0 atom stereocenters. The monoisotopic (exact) mass is 380 g/mol. The Labute approximate surface area is 169 Å². The van der Waals surface area contributed by atoms with Crippen molar-refractivity contribution in [2.24, 2.45) is 0 Å². The number of ether oxygens (including phenoxy) is 1. The van der Waals surface area contributed by atoms with E-state index >= 15 is 0 Å². The number of aromatic hydroxyl groups is 1. The standard InChI is InChI=1S/C25H32O3/c1-9-22(26)28-21-11-10-16(2)12-18(21)13-17-14-19(24(3,4)5)23(27)20(15-17)25(6,7)8/h9-12,14-15,27H,1,13H2,2-8H3. The molecule has 0 aromatic heterocycles. The maximum Gasteiger partial charge on any atom is 0.335 e. The van der Waals surface area contributed by atoms with Gasteiger partial charge in [-0.05, 0) is 46.1 Å². The van der Waals surface area contributed by atoms with Crippen molar-refractivity contribution in [1.82, 2.24) is 0 Å². The maximum absolute atomic E-state index is 11.7. The fraction of sp³-hybridized carbons (Fsp3) is 0.400. The fourth-order valence-corrected chi connectivity index (χ4v) is 3.26. The topological polar surface area (TPSA) is 46.5 Å². The van der Waals surface area contributed by atoms with Gasteiger partial charge in [-0.1, -0.05) is 78.0 Å². The molecule has 1 N–H and O–H groups in total. The van der Waals surface area contributed by atoms with Crippen LogP contribution in [-0.4, -0.2) is 11.1 Å². The summed E-state index contributed by atoms with van der Waals surface area (Å²) in [5.74, 6) is 0.436. The van der Waals surface area contributed by atoms with Crippen LogP contribution in [0.5, 0.6) is 11.5 Å². The van der Waals surface area contributed by atoms with Gasteiger partial charge >= 0.3 is 5.97 Å². The number of hydrogen-bond donors (Lipinski definition) is 1. The van der Waals surface area contributed by atoms with Gasteiger partial charge in [-0.25, -0.2) is 4.79 Å². The van der Waals surface area contributed by atoms with Crippen molar-refractivity contribution in [2.45, 2.75) is 65.7 Å². The normalized spacial score (nSPS) is 12.0. The number of hydrogen-bond acceptors (Lipinski definition) is 3. The summed E-state index contributed by atoms with van der Waals surface area (Å²) in [6.07, 6.45) is 1.77. The smallest absolute Gasteiger partial charge is 0.335 e. The van der Waals surface area contributed by atoms with E-state index in [-0.39, 0.29) is 10.8 Å². The molecule has 0 bridgehead atoms. The van der Waals surface area contributed by atoms with Gasteiger partial charge in [-0.15, -0.1) is 0 Å². The van der Waals surface area contributed by atoms with Crippen LogP contribution in [0, 0.1) is 6.92 Å². The Bertz CT molecular complexity index is 858. The molecule has 3 nitrogen and oxygen atoms in total. The van der Waals surface area contributed by atoms with E-state index in [9.17, 15) is 9.90 Å². The van der Waals surface area contributed by atoms with Crippen LogP contribution in [-0.2, 0) is 22.0 Å². The highest BCUT2D eigenvalue weighted by atomic mass is 16.5. The SMILES string of the molecule is C=CC(=O)Oc1ccc(C)cc1Cc1cc(C(C)(C)C)c(O)c(C(C)(C)C)c1. The van der Waals surface area contributed by atoms with Crippen molar-refractivity contribution in [2.75, 3.05) is 0 Å². The van der Waals surface area contributed by atoms with E-state index < -0.39 is 5.97 Å². The first kappa shape index (κ1) is 21.7. The molecule has 0 fully saturated rings. The molecule has 0 heterocycles. The van der Waals surface area contributed by atoms with Gasteiger partial charge in [-0.2, -0.15) is 0 Å². The molecule has 0 unspecified atom stereocenters. The molecular formula is C25H32O3. The third kappa shape index (κ3) is 5.03. The van der Waals surface area contributed by atoms with E-state index in [2.05, 4.69) is 60.3 Å². The van der Waals surface area contributed by atoms with E-state index in [1.807, 2.05) is 25.1 Å². The number of carbonyl (C=O) groups excluding carboxylic acids is 1. The first-order valence-electron chi connectivity index (χ1n) is 9.63. The van der Waals surface area contributed by atoms with Gasteiger partial charge in [0.25, 0.3) is 0 Å². The summed E-state index contributed by atoms with van der Waals surface area (Å²) in [7, 11) is 0. The second-order valence-electron chi connectivity index (χ2n) is 9.45. The predicted molar refractivity (Wildman–Crippen MR) is 115 cm³/mol. The van der Waals surface area contributed by atoms with Crippen LogP contribution in [0.2, 0.25) is 0 Å². The van der Waals surface area contributed by atoms with Crippen molar-refractivity contribution in [3.63, 3.8) is 0 Å². The van der Waals surface area contributed by atoms with Crippen LogP contribution >= 0.6 is 0 Å². The van der Waals surface area contributed by atoms with Gasteiger partial charge in [0.2, 0.25) is 0 Å². The minimum Gasteiger partial charge on any atom is -0.507 e. The molecule has 0 aliphatic carbocycles. The van der Waals surface area contributed by atoms with E-state index in [0.717, 1.165) is 27.8 Å². The second-order valence-corrected chi connectivity index (χ2v) is 9.45. The molecule has 0 aliphatic rings. The summed E-state index contributed by atoms with van der Waals surface area (Å²) in [6, 6.07) is 9.90. The summed E-state index contributed by atoms with van der Waals surface area (Å²) >= 11 is 0. The van der Waals surface area contributed by atoms with Gasteiger partial charge in [-0.3, -0.25) is 0 Å². The Morgan fingerprint density at radius 2 is 1.57 bits per heavy atom. The van der Waals surface area contributed by atoms with Crippen LogP contribution in [0.4, 0.5) is 0 Å². The molecule has 2 rings (SSSR count). The molecule has 2 aromatic carbocycles. The lowest BCUT2D eigenvalue weighted by Crippen LogP contribution is -2.18. The van der Waals surface area contributed by atoms with Gasteiger partial charge in [0.05, 0.1) is 0 Å². The van der Waals surface area contributed by atoms with Crippen LogP contribution in [0.15, 0.2) is 43.0 Å². The summed E-state index contributed by atoms with van der Waals surface area (Å²) in [4.78, 5) is 11.7. The number of aryl methyl sites for hydroxylation is 1. The molecule has 150 valence electrons. The Morgan fingerprint density at radius 3 is 2.04 bits per heavy atom. The summed E-state index contributed by atoms with van der Waals surface area (Å²) in [5, 5.41) is 10.9. The molecule has 0 spiro atoms. The Hall–Kier alpha value is -2.55. The quantitative estimate of drug-likeness (QED) is 0.403. The number of rotatable bonds is 4. The first-order valence-corrected chi connectivity index (χ1v) is 9.63. The van der Waals surface area contributed by atoms with Crippen molar-refractivity contribution < 1.29 is 14.6 Å². The largest absolute Gasteiger partial charge is 0.507 e. The zero-order chi connectivity index (χ0) is 21.3. The fourth-order valence-electron chi connectivity index (χ4n) is 3.26. The zero-order valence-electron chi connectivity index (χ0n) is 18.1. The van der Waals surface area contributed by atoms with Crippen molar-refractivity contribution in [1.29, 1.82) is 0 Å². The molecule has 0 amide bonds. The molecular weight excluding hydrogens is 348 g/mol. The summed E-state index contributed by atoms with van der Waals surface area (Å²) < 4.78 is 5.43. The van der Waals surface area contributed by atoms with Crippen LogP contribution in [0.1, 0.15) is 69.4 Å². The predicted octanol–water partition coefficient (Wildman–Crippen LogP) is 5.98. The average molecular weight is 381 g/mol. The lowest BCUT2D eigenvalue weighted by Gasteiger charge is -2.28. The van der Waals surface area contributed by atoms with Crippen molar-refractivity contribution >= 4 is 5.97 Å². The molecule has 28 heavy (non-hydrogen) atoms. The first-order chi connectivity index (χ1) is 12.8. The highest BCUT2D eigenvalue weighted by Crippen LogP contribution is 2.40.